The molecule has 6 rings (SSSR count). The second-order valence-electron chi connectivity index (χ2n) is 7.25. The van der Waals surface area contributed by atoms with Crippen LogP contribution in [0.1, 0.15) is 18.4 Å². The number of benzene rings is 1. The summed E-state index contributed by atoms with van der Waals surface area (Å²) in [6.45, 7) is 7.23. The van der Waals surface area contributed by atoms with E-state index >= 15 is 0 Å². The van der Waals surface area contributed by atoms with Crippen molar-refractivity contribution in [1.29, 1.82) is 0 Å². The Morgan fingerprint density at radius 3 is 2.91 bits per heavy atom. The largest absolute Gasteiger partial charge is 0.363 e. The Morgan fingerprint density at radius 2 is 2.17 bits per heavy atom. The van der Waals surface area contributed by atoms with E-state index in [0.717, 1.165) is 24.6 Å². The first-order valence-electron chi connectivity index (χ1n) is 8.66. The summed E-state index contributed by atoms with van der Waals surface area (Å²) in [5.41, 5.74) is 2.28. The molecule has 118 valence electrons. The summed E-state index contributed by atoms with van der Waals surface area (Å²) in [6, 6.07) is 11.1. The van der Waals surface area contributed by atoms with Crippen LogP contribution in [0.3, 0.4) is 0 Å². The maximum Gasteiger partial charge on any atom is 0.133 e. The van der Waals surface area contributed by atoms with Gasteiger partial charge in [0.25, 0.3) is 0 Å². The van der Waals surface area contributed by atoms with Crippen molar-refractivity contribution in [3.8, 4) is 0 Å². The molecule has 5 atom stereocenters. The molecular weight excluding hydrogens is 284 g/mol. The molecule has 0 saturated carbocycles. The highest BCUT2D eigenvalue weighted by atomic mass is 16.6. The van der Waals surface area contributed by atoms with Gasteiger partial charge in [0.15, 0.2) is 0 Å². The van der Waals surface area contributed by atoms with E-state index in [0.29, 0.717) is 12.0 Å². The fraction of sp³-hybridized carbons (Fsp3) is 0.450. The molecule has 4 aliphatic heterocycles. The monoisotopic (exact) mass is 306 g/mol. The third kappa shape index (κ3) is 1.93. The number of para-hydroxylation sites is 1. The van der Waals surface area contributed by atoms with Crippen molar-refractivity contribution in [1.82, 2.24) is 9.88 Å². The van der Waals surface area contributed by atoms with E-state index in [1.807, 2.05) is 6.20 Å². The van der Waals surface area contributed by atoms with Gasteiger partial charge in [0.1, 0.15) is 5.60 Å². The van der Waals surface area contributed by atoms with Crippen molar-refractivity contribution in [2.75, 3.05) is 19.7 Å². The molecule has 23 heavy (non-hydrogen) atoms. The lowest BCUT2D eigenvalue weighted by molar-refractivity contribution is -0.0205. The van der Waals surface area contributed by atoms with Crippen LogP contribution in [-0.2, 0) is 10.3 Å². The molecule has 1 aromatic heterocycles. The Hall–Kier alpha value is -1.71. The van der Waals surface area contributed by atoms with Gasteiger partial charge >= 0.3 is 0 Å². The van der Waals surface area contributed by atoms with Gasteiger partial charge < -0.3 is 4.74 Å². The van der Waals surface area contributed by atoms with E-state index in [2.05, 4.69) is 52.9 Å². The second kappa shape index (κ2) is 4.89. The first kappa shape index (κ1) is 13.7. The predicted octanol–water partition coefficient (Wildman–Crippen LogP) is 3.36. The SMILES string of the molecule is C=C[C@H]1CN2CC[C@H]1C[C@H]2[C@@]1(c2ccnc3ccccc23)CO1. The van der Waals surface area contributed by atoms with Gasteiger partial charge in [-0.15, -0.1) is 6.58 Å². The van der Waals surface area contributed by atoms with Crippen molar-refractivity contribution >= 4 is 10.9 Å². The quantitative estimate of drug-likeness (QED) is 0.643. The molecule has 4 fully saturated rings. The molecule has 0 aliphatic carbocycles. The fourth-order valence-corrected chi connectivity index (χ4v) is 4.89. The van der Waals surface area contributed by atoms with Crippen LogP contribution in [0.25, 0.3) is 10.9 Å². The highest BCUT2D eigenvalue weighted by Gasteiger charge is 2.59. The summed E-state index contributed by atoms with van der Waals surface area (Å²) < 4.78 is 6.16. The summed E-state index contributed by atoms with van der Waals surface area (Å²) >= 11 is 0. The molecule has 0 radical (unpaired) electrons. The Labute approximate surface area is 137 Å². The lowest BCUT2D eigenvalue weighted by Gasteiger charge is -2.51. The highest BCUT2D eigenvalue weighted by Crippen LogP contribution is 2.52. The van der Waals surface area contributed by atoms with Crippen molar-refractivity contribution < 1.29 is 4.74 Å². The summed E-state index contributed by atoms with van der Waals surface area (Å²) in [7, 11) is 0. The number of hydrogen-bond acceptors (Lipinski definition) is 3. The predicted molar refractivity (Wildman–Crippen MR) is 91.1 cm³/mol. The minimum absolute atomic E-state index is 0.118. The number of ether oxygens (including phenoxy) is 1. The van der Waals surface area contributed by atoms with E-state index in [9.17, 15) is 0 Å². The number of aromatic nitrogens is 1. The molecule has 0 spiro atoms. The molecule has 4 aliphatic rings. The van der Waals surface area contributed by atoms with Gasteiger partial charge in [0, 0.05) is 24.2 Å². The van der Waals surface area contributed by atoms with Crippen LogP contribution < -0.4 is 0 Å². The topological polar surface area (TPSA) is 28.7 Å². The number of epoxide rings is 1. The molecule has 4 saturated heterocycles. The summed E-state index contributed by atoms with van der Waals surface area (Å²) in [4.78, 5) is 7.17. The zero-order valence-corrected chi connectivity index (χ0v) is 13.3. The average Bonchev–Trinajstić information content (AvgIpc) is 3.43. The number of pyridine rings is 1. The normalized spacial score (nSPS) is 38.6. The number of hydrogen-bond donors (Lipinski definition) is 0. The third-order valence-corrected chi connectivity index (χ3v) is 6.21. The van der Waals surface area contributed by atoms with Crippen LogP contribution in [-0.4, -0.2) is 35.6 Å². The number of fused-ring (bicyclic) bond motifs is 4. The average molecular weight is 306 g/mol. The molecule has 1 unspecified atom stereocenters. The van der Waals surface area contributed by atoms with E-state index in [1.54, 1.807) is 0 Å². The standard InChI is InChI=1S/C20H22N2O/c1-2-14-12-22-10-8-15(14)11-19(22)20(13-23-20)17-7-9-21-18-6-4-3-5-16(17)18/h2-7,9,14-15,19H,1,8,10-13H2/t14-,15-,19-,20-/m0/s1. The van der Waals surface area contributed by atoms with Gasteiger partial charge in [-0.1, -0.05) is 24.3 Å². The molecule has 3 heteroatoms. The zero-order valence-electron chi connectivity index (χ0n) is 13.3. The van der Waals surface area contributed by atoms with E-state index in [4.69, 9.17) is 4.74 Å². The maximum atomic E-state index is 6.16. The van der Waals surface area contributed by atoms with Gasteiger partial charge in [0.2, 0.25) is 0 Å². The molecular formula is C20H22N2O. The van der Waals surface area contributed by atoms with Crippen LogP contribution >= 0.6 is 0 Å². The first-order valence-corrected chi connectivity index (χ1v) is 8.66. The van der Waals surface area contributed by atoms with Crippen LogP contribution in [0, 0.1) is 11.8 Å². The van der Waals surface area contributed by atoms with Gasteiger partial charge in [-0.05, 0) is 48.9 Å². The molecule has 0 amide bonds. The van der Waals surface area contributed by atoms with E-state index < -0.39 is 0 Å². The van der Waals surface area contributed by atoms with Crippen molar-refractivity contribution in [2.24, 2.45) is 11.8 Å². The molecule has 2 aromatic rings. The van der Waals surface area contributed by atoms with Crippen molar-refractivity contribution in [3.05, 3.63) is 54.7 Å². The van der Waals surface area contributed by atoms with E-state index in [-0.39, 0.29) is 5.60 Å². The van der Waals surface area contributed by atoms with Crippen molar-refractivity contribution in [2.45, 2.75) is 24.5 Å². The zero-order chi connectivity index (χ0) is 15.4. The minimum Gasteiger partial charge on any atom is -0.363 e. The second-order valence-corrected chi connectivity index (χ2v) is 7.25. The summed E-state index contributed by atoms with van der Waals surface area (Å²) in [5, 5.41) is 1.25. The molecule has 2 bridgehead atoms. The summed E-state index contributed by atoms with van der Waals surface area (Å²) in [5.74, 6) is 1.43. The summed E-state index contributed by atoms with van der Waals surface area (Å²) in [6.07, 6.45) is 6.63. The van der Waals surface area contributed by atoms with Gasteiger partial charge in [0.05, 0.1) is 12.1 Å². The molecule has 1 aromatic carbocycles. The smallest absolute Gasteiger partial charge is 0.133 e. The lowest BCUT2D eigenvalue weighted by atomic mass is 9.71. The molecule has 3 nitrogen and oxygen atoms in total. The minimum atomic E-state index is -0.118. The Bertz CT molecular complexity index is 762. The number of nitrogens with zero attached hydrogens (tertiary/aromatic N) is 2. The number of piperidine rings is 3. The van der Waals surface area contributed by atoms with Gasteiger partial charge in [-0.3, -0.25) is 9.88 Å². The van der Waals surface area contributed by atoms with Crippen LogP contribution in [0.2, 0.25) is 0 Å². The third-order valence-electron chi connectivity index (χ3n) is 6.21. The van der Waals surface area contributed by atoms with Gasteiger partial charge in [-0.25, -0.2) is 0 Å². The number of rotatable bonds is 3. The fourth-order valence-electron chi connectivity index (χ4n) is 4.89. The Kier molecular flexibility index (Phi) is 2.91. The Morgan fingerprint density at radius 1 is 1.30 bits per heavy atom. The van der Waals surface area contributed by atoms with Crippen LogP contribution in [0.5, 0.6) is 0 Å². The first-order chi connectivity index (χ1) is 11.3. The van der Waals surface area contributed by atoms with Crippen LogP contribution in [0.15, 0.2) is 49.2 Å². The highest BCUT2D eigenvalue weighted by molar-refractivity contribution is 5.83. The van der Waals surface area contributed by atoms with Crippen molar-refractivity contribution in [3.63, 3.8) is 0 Å². The van der Waals surface area contributed by atoms with Gasteiger partial charge in [-0.2, -0.15) is 0 Å². The lowest BCUT2D eigenvalue weighted by Crippen LogP contribution is -2.57. The van der Waals surface area contributed by atoms with E-state index in [1.165, 1.54) is 30.3 Å². The Balaban J connectivity index is 1.57. The van der Waals surface area contributed by atoms with Crippen LogP contribution in [0.4, 0.5) is 0 Å². The maximum absolute atomic E-state index is 6.16. The molecule has 5 heterocycles. The molecule has 0 N–H and O–H groups in total.